The first-order chi connectivity index (χ1) is 9.94. The lowest BCUT2D eigenvalue weighted by molar-refractivity contribution is -0.274. The Bertz CT molecular complexity index is 447. The molecule has 0 amide bonds. The third-order valence-corrected chi connectivity index (χ3v) is 4.06. The molecule has 0 heterocycles. The molecule has 0 saturated heterocycles. The Labute approximate surface area is 123 Å². The van der Waals surface area contributed by atoms with Gasteiger partial charge in [0.1, 0.15) is 5.75 Å². The van der Waals surface area contributed by atoms with Crippen molar-refractivity contribution in [1.29, 1.82) is 0 Å². The molecule has 0 bridgehead atoms. The van der Waals surface area contributed by atoms with Gasteiger partial charge in [-0.05, 0) is 36.5 Å². The van der Waals surface area contributed by atoms with Crippen molar-refractivity contribution >= 4 is 0 Å². The van der Waals surface area contributed by atoms with E-state index >= 15 is 0 Å². The quantitative estimate of drug-likeness (QED) is 0.818. The molecule has 0 aliphatic heterocycles. The van der Waals surface area contributed by atoms with E-state index in [0.29, 0.717) is 18.5 Å². The molecule has 1 N–H and O–H groups in total. The molecule has 1 aliphatic rings. The molecular weight excluding hydrogens is 279 g/mol. The number of halogens is 3. The van der Waals surface area contributed by atoms with E-state index in [-0.39, 0.29) is 5.75 Å². The number of benzene rings is 1. The van der Waals surface area contributed by atoms with E-state index in [1.807, 2.05) is 6.07 Å². The van der Waals surface area contributed by atoms with Crippen LogP contribution < -0.4 is 10.1 Å². The van der Waals surface area contributed by atoms with Gasteiger partial charge in [-0.15, -0.1) is 13.2 Å². The van der Waals surface area contributed by atoms with Crippen LogP contribution in [-0.4, -0.2) is 12.4 Å². The first-order valence-corrected chi connectivity index (χ1v) is 7.52. The molecule has 2 unspecified atom stereocenters. The second-order valence-electron chi connectivity index (χ2n) is 5.80. The molecule has 21 heavy (non-hydrogen) atoms. The Hall–Kier alpha value is -1.23. The molecule has 2 atom stereocenters. The van der Waals surface area contributed by atoms with Crippen LogP contribution in [0.4, 0.5) is 13.2 Å². The number of hydrogen-bond donors (Lipinski definition) is 1. The summed E-state index contributed by atoms with van der Waals surface area (Å²) in [6.07, 6.45) is 1.49. The molecule has 1 aliphatic carbocycles. The third kappa shape index (κ3) is 5.58. The minimum Gasteiger partial charge on any atom is -0.406 e. The molecule has 1 fully saturated rings. The molecule has 1 saturated carbocycles. The van der Waals surface area contributed by atoms with Crippen LogP contribution in [0.5, 0.6) is 5.75 Å². The maximum atomic E-state index is 12.2. The zero-order chi connectivity index (χ0) is 15.3. The molecule has 2 rings (SSSR count). The predicted octanol–water partition coefficient (Wildman–Crippen LogP) is 4.64. The highest BCUT2D eigenvalue weighted by Crippen LogP contribution is 2.25. The Kier molecular flexibility index (Phi) is 5.51. The third-order valence-electron chi connectivity index (χ3n) is 4.06. The summed E-state index contributed by atoms with van der Waals surface area (Å²) in [5.41, 5.74) is 0.813. The number of alkyl halides is 3. The highest BCUT2D eigenvalue weighted by molar-refractivity contribution is 5.28. The van der Waals surface area contributed by atoms with Gasteiger partial charge in [-0.1, -0.05) is 38.3 Å². The maximum Gasteiger partial charge on any atom is 0.573 e. The van der Waals surface area contributed by atoms with Crippen molar-refractivity contribution in [3.8, 4) is 5.75 Å². The monoisotopic (exact) mass is 301 g/mol. The van der Waals surface area contributed by atoms with Crippen LogP contribution in [0.3, 0.4) is 0 Å². The highest BCUT2D eigenvalue weighted by Gasteiger charge is 2.31. The number of nitrogens with one attached hydrogen (secondary N) is 1. The van der Waals surface area contributed by atoms with E-state index in [1.54, 1.807) is 6.07 Å². The minimum absolute atomic E-state index is 0.157. The Balaban J connectivity index is 1.92. The highest BCUT2D eigenvalue weighted by atomic mass is 19.4. The topological polar surface area (TPSA) is 21.3 Å². The average Bonchev–Trinajstić information content (AvgIpc) is 2.59. The molecule has 1 aromatic rings. The van der Waals surface area contributed by atoms with Gasteiger partial charge in [0.25, 0.3) is 0 Å². The second-order valence-corrected chi connectivity index (χ2v) is 5.80. The van der Waals surface area contributed by atoms with Crippen molar-refractivity contribution in [3.05, 3.63) is 29.8 Å². The van der Waals surface area contributed by atoms with Gasteiger partial charge in [0.05, 0.1) is 0 Å². The van der Waals surface area contributed by atoms with Gasteiger partial charge in [0, 0.05) is 12.6 Å². The van der Waals surface area contributed by atoms with Crippen molar-refractivity contribution in [2.45, 2.75) is 58.0 Å². The Morgan fingerprint density at radius 1 is 1.19 bits per heavy atom. The SMILES string of the molecule is CC1CCCCCC1NCc1cccc(OC(F)(F)F)c1. The van der Waals surface area contributed by atoms with Gasteiger partial charge in [-0.25, -0.2) is 0 Å². The van der Waals surface area contributed by atoms with Crippen LogP contribution in [0.25, 0.3) is 0 Å². The van der Waals surface area contributed by atoms with Crippen LogP contribution in [0.1, 0.15) is 44.6 Å². The lowest BCUT2D eigenvalue weighted by atomic mass is 9.97. The lowest BCUT2D eigenvalue weighted by Crippen LogP contribution is -2.33. The summed E-state index contributed by atoms with van der Waals surface area (Å²) >= 11 is 0. The fourth-order valence-corrected chi connectivity index (χ4v) is 2.90. The lowest BCUT2D eigenvalue weighted by Gasteiger charge is -2.23. The fraction of sp³-hybridized carbons (Fsp3) is 0.625. The molecule has 5 heteroatoms. The molecule has 0 spiro atoms. The van der Waals surface area contributed by atoms with Crippen LogP contribution in [0.2, 0.25) is 0 Å². The van der Waals surface area contributed by atoms with Crippen molar-refractivity contribution in [3.63, 3.8) is 0 Å². The summed E-state index contributed by atoms with van der Waals surface area (Å²) in [5.74, 6) is 0.456. The first kappa shape index (κ1) is 16.1. The molecule has 2 nitrogen and oxygen atoms in total. The fourth-order valence-electron chi connectivity index (χ4n) is 2.90. The van der Waals surface area contributed by atoms with Gasteiger partial charge in [0.15, 0.2) is 0 Å². The maximum absolute atomic E-state index is 12.2. The van der Waals surface area contributed by atoms with Crippen molar-refractivity contribution in [1.82, 2.24) is 5.32 Å². The molecule has 0 aromatic heterocycles. The van der Waals surface area contributed by atoms with E-state index in [4.69, 9.17) is 0 Å². The molecule has 0 radical (unpaired) electrons. The van der Waals surface area contributed by atoms with E-state index < -0.39 is 6.36 Å². The summed E-state index contributed by atoms with van der Waals surface area (Å²) in [7, 11) is 0. The largest absolute Gasteiger partial charge is 0.573 e. The van der Waals surface area contributed by atoms with Crippen LogP contribution in [0.15, 0.2) is 24.3 Å². The second kappa shape index (κ2) is 7.16. The Morgan fingerprint density at radius 3 is 2.71 bits per heavy atom. The molecular formula is C16H22F3NO. The van der Waals surface area contributed by atoms with Gasteiger partial charge < -0.3 is 10.1 Å². The van der Waals surface area contributed by atoms with Crippen LogP contribution >= 0.6 is 0 Å². The van der Waals surface area contributed by atoms with E-state index in [1.165, 1.54) is 37.8 Å². The van der Waals surface area contributed by atoms with Gasteiger partial charge in [-0.2, -0.15) is 0 Å². The van der Waals surface area contributed by atoms with Crippen LogP contribution in [-0.2, 0) is 6.54 Å². The predicted molar refractivity (Wildman–Crippen MR) is 76.0 cm³/mol. The number of hydrogen-bond acceptors (Lipinski definition) is 2. The zero-order valence-electron chi connectivity index (χ0n) is 12.2. The summed E-state index contributed by atoms with van der Waals surface area (Å²) in [6, 6.07) is 6.62. The summed E-state index contributed by atoms with van der Waals surface area (Å²) in [6.45, 7) is 2.82. The summed E-state index contributed by atoms with van der Waals surface area (Å²) < 4.78 is 40.6. The van der Waals surface area contributed by atoms with Gasteiger partial charge in [0.2, 0.25) is 0 Å². The van der Waals surface area contributed by atoms with Gasteiger partial charge >= 0.3 is 6.36 Å². The zero-order valence-corrected chi connectivity index (χ0v) is 12.2. The molecule has 118 valence electrons. The van der Waals surface area contributed by atoms with Gasteiger partial charge in [-0.3, -0.25) is 0 Å². The smallest absolute Gasteiger partial charge is 0.406 e. The van der Waals surface area contributed by atoms with Crippen molar-refractivity contribution < 1.29 is 17.9 Å². The Morgan fingerprint density at radius 2 is 1.95 bits per heavy atom. The van der Waals surface area contributed by atoms with E-state index in [2.05, 4.69) is 17.0 Å². The molecule has 1 aromatic carbocycles. The average molecular weight is 301 g/mol. The van der Waals surface area contributed by atoms with E-state index in [0.717, 1.165) is 12.0 Å². The standard InChI is InChI=1S/C16H22F3NO/c1-12-6-3-2-4-9-15(12)20-11-13-7-5-8-14(10-13)21-16(17,18)19/h5,7-8,10,12,15,20H,2-4,6,9,11H2,1H3. The summed E-state index contributed by atoms with van der Waals surface area (Å²) in [5, 5.41) is 3.48. The normalized spacial score (nSPS) is 23.6. The van der Waals surface area contributed by atoms with Crippen molar-refractivity contribution in [2.75, 3.05) is 0 Å². The van der Waals surface area contributed by atoms with Crippen molar-refractivity contribution in [2.24, 2.45) is 5.92 Å². The first-order valence-electron chi connectivity index (χ1n) is 7.52. The minimum atomic E-state index is -4.64. The number of ether oxygens (including phenoxy) is 1. The van der Waals surface area contributed by atoms with E-state index in [9.17, 15) is 13.2 Å². The summed E-state index contributed by atoms with van der Waals surface area (Å²) in [4.78, 5) is 0. The van der Waals surface area contributed by atoms with Crippen LogP contribution in [0, 0.1) is 5.92 Å². The number of rotatable bonds is 4.